The minimum atomic E-state index is -0.0692. The van der Waals surface area contributed by atoms with Crippen molar-refractivity contribution in [1.82, 2.24) is 15.5 Å². The number of nitrogens with zero attached hydrogens (tertiary/aromatic N) is 3. The molecular formula is C19H27N5O2. The largest absolute Gasteiger partial charge is 0.369 e. The molecule has 0 saturated carbocycles. The van der Waals surface area contributed by atoms with E-state index < -0.39 is 0 Å². The number of piperidine rings is 1. The van der Waals surface area contributed by atoms with Gasteiger partial charge in [0.1, 0.15) is 0 Å². The van der Waals surface area contributed by atoms with Gasteiger partial charge in [0.2, 0.25) is 11.8 Å². The van der Waals surface area contributed by atoms with Gasteiger partial charge in [-0.05, 0) is 25.0 Å². The van der Waals surface area contributed by atoms with Crippen LogP contribution in [-0.2, 0) is 9.59 Å². The molecule has 0 aromatic heterocycles. The van der Waals surface area contributed by atoms with Gasteiger partial charge in [-0.1, -0.05) is 18.2 Å². The SMILES string of the molecule is CN=C(NCCN1C(=O)CCCC1=O)NC1CCN(c2ccccc2)C1. The minimum Gasteiger partial charge on any atom is -0.369 e. The number of rotatable bonds is 5. The maximum absolute atomic E-state index is 11.8. The van der Waals surface area contributed by atoms with Crippen LogP contribution in [0.4, 0.5) is 5.69 Å². The number of carbonyl (C=O) groups excluding carboxylic acids is 2. The van der Waals surface area contributed by atoms with E-state index in [0.29, 0.717) is 44.4 Å². The fourth-order valence-corrected chi connectivity index (χ4v) is 3.47. The second-order valence-corrected chi connectivity index (χ2v) is 6.70. The molecule has 0 radical (unpaired) electrons. The summed E-state index contributed by atoms with van der Waals surface area (Å²) in [6, 6.07) is 10.7. The Kier molecular flexibility index (Phi) is 6.09. The molecule has 2 heterocycles. The number of aliphatic imine (C=N–C) groups is 1. The highest BCUT2D eigenvalue weighted by molar-refractivity contribution is 5.97. The number of hydrogen-bond donors (Lipinski definition) is 2. The molecule has 2 N–H and O–H groups in total. The zero-order chi connectivity index (χ0) is 18.4. The summed E-state index contributed by atoms with van der Waals surface area (Å²) in [7, 11) is 1.73. The molecule has 0 aliphatic carbocycles. The Morgan fingerprint density at radius 3 is 2.62 bits per heavy atom. The zero-order valence-electron chi connectivity index (χ0n) is 15.3. The second kappa shape index (κ2) is 8.69. The predicted molar refractivity (Wildman–Crippen MR) is 102 cm³/mol. The summed E-state index contributed by atoms with van der Waals surface area (Å²) >= 11 is 0. The first-order valence-corrected chi connectivity index (χ1v) is 9.28. The van der Waals surface area contributed by atoms with Crippen molar-refractivity contribution >= 4 is 23.5 Å². The van der Waals surface area contributed by atoms with Crippen molar-refractivity contribution in [1.29, 1.82) is 0 Å². The number of para-hydroxylation sites is 1. The van der Waals surface area contributed by atoms with Gasteiger partial charge in [-0.15, -0.1) is 0 Å². The van der Waals surface area contributed by atoms with Crippen molar-refractivity contribution in [2.24, 2.45) is 4.99 Å². The molecule has 7 nitrogen and oxygen atoms in total. The lowest BCUT2D eigenvalue weighted by molar-refractivity contribution is -0.147. The van der Waals surface area contributed by atoms with Gasteiger partial charge in [-0.2, -0.15) is 0 Å². The van der Waals surface area contributed by atoms with E-state index in [-0.39, 0.29) is 11.8 Å². The molecule has 1 aromatic rings. The number of hydrogen-bond acceptors (Lipinski definition) is 4. The van der Waals surface area contributed by atoms with Crippen molar-refractivity contribution in [3.05, 3.63) is 30.3 Å². The maximum atomic E-state index is 11.8. The molecule has 1 atom stereocenters. The Morgan fingerprint density at radius 2 is 1.92 bits per heavy atom. The second-order valence-electron chi connectivity index (χ2n) is 6.70. The third-order valence-electron chi connectivity index (χ3n) is 4.89. The third-order valence-corrected chi connectivity index (χ3v) is 4.89. The summed E-state index contributed by atoms with van der Waals surface area (Å²) in [6.07, 6.45) is 2.65. The van der Waals surface area contributed by atoms with E-state index in [1.54, 1.807) is 7.05 Å². The van der Waals surface area contributed by atoms with Crippen molar-refractivity contribution in [3.63, 3.8) is 0 Å². The van der Waals surface area contributed by atoms with Gasteiger partial charge in [0.25, 0.3) is 0 Å². The van der Waals surface area contributed by atoms with Crippen molar-refractivity contribution in [2.45, 2.75) is 31.7 Å². The van der Waals surface area contributed by atoms with Crippen LogP contribution in [0.3, 0.4) is 0 Å². The van der Waals surface area contributed by atoms with E-state index in [4.69, 9.17) is 0 Å². The summed E-state index contributed by atoms with van der Waals surface area (Å²) in [6.45, 7) is 2.83. The molecule has 7 heteroatoms. The van der Waals surface area contributed by atoms with Gasteiger partial charge in [0.05, 0.1) is 0 Å². The molecule has 2 aliphatic rings. The van der Waals surface area contributed by atoms with Gasteiger partial charge < -0.3 is 15.5 Å². The molecule has 0 bridgehead atoms. The summed E-state index contributed by atoms with van der Waals surface area (Å²) < 4.78 is 0. The lowest BCUT2D eigenvalue weighted by Gasteiger charge is -2.25. The van der Waals surface area contributed by atoms with Gasteiger partial charge in [-0.25, -0.2) is 0 Å². The number of amides is 2. The maximum Gasteiger partial charge on any atom is 0.229 e. The van der Waals surface area contributed by atoms with Crippen LogP contribution < -0.4 is 15.5 Å². The Hall–Kier alpha value is -2.57. The van der Waals surface area contributed by atoms with E-state index in [1.165, 1.54) is 10.6 Å². The number of guanidine groups is 1. The molecule has 26 heavy (non-hydrogen) atoms. The van der Waals surface area contributed by atoms with Crippen LogP contribution in [0.1, 0.15) is 25.7 Å². The summed E-state index contributed by atoms with van der Waals surface area (Å²) in [5.41, 5.74) is 1.24. The van der Waals surface area contributed by atoms with Crippen LogP contribution in [-0.4, -0.2) is 61.9 Å². The van der Waals surface area contributed by atoms with Crippen molar-refractivity contribution < 1.29 is 9.59 Å². The quantitative estimate of drug-likeness (QED) is 0.466. The molecule has 3 rings (SSSR count). The van der Waals surface area contributed by atoms with E-state index in [2.05, 4.69) is 44.8 Å². The van der Waals surface area contributed by atoms with Crippen molar-refractivity contribution in [3.8, 4) is 0 Å². The number of anilines is 1. The predicted octanol–water partition coefficient (Wildman–Crippen LogP) is 0.969. The van der Waals surface area contributed by atoms with Crippen LogP contribution >= 0.6 is 0 Å². The summed E-state index contributed by atoms with van der Waals surface area (Å²) in [5.74, 6) is 0.572. The van der Waals surface area contributed by atoms with Crippen LogP contribution in [0.2, 0.25) is 0 Å². The van der Waals surface area contributed by atoms with Gasteiger partial charge in [0, 0.05) is 57.8 Å². The monoisotopic (exact) mass is 357 g/mol. The Balaban J connectivity index is 1.44. The zero-order valence-corrected chi connectivity index (χ0v) is 15.3. The molecule has 140 valence electrons. The van der Waals surface area contributed by atoms with Crippen molar-refractivity contribution in [2.75, 3.05) is 38.1 Å². The van der Waals surface area contributed by atoms with Gasteiger partial charge in [-0.3, -0.25) is 19.5 Å². The molecule has 1 unspecified atom stereocenters. The number of imide groups is 1. The minimum absolute atomic E-state index is 0.0692. The van der Waals surface area contributed by atoms with Gasteiger partial charge in [0.15, 0.2) is 5.96 Å². The number of likely N-dealkylation sites (tertiary alicyclic amines) is 1. The molecule has 2 amide bonds. The Labute approximate surface area is 154 Å². The van der Waals surface area contributed by atoms with Crippen LogP contribution in [0.15, 0.2) is 35.3 Å². The first-order valence-electron chi connectivity index (χ1n) is 9.28. The lowest BCUT2D eigenvalue weighted by Crippen LogP contribution is -2.48. The first kappa shape index (κ1) is 18.2. The highest BCUT2D eigenvalue weighted by atomic mass is 16.2. The van der Waals surface area contributed by atoms with Crippen LogP contribution in [0, 0.1) is 0 Å². The molecule has 2 aliphatic heterocycles. The average molecular weight is 357 g/mol. The smallest absolute Gasteiger partial charge is 0.229 e. The number of benzene rings is 1. The van der Waals surface area contributed by atoms with E-state index in [1.807, 2.05) is 6.07 Å². The van der Waals surface area contributed by atoms with E-state index >= 15 is 0 Å². The topological polar surface area (TPSA) is 77.0 Å². The summed E-state index contributed by atoms with van der Waals surface area (Å²) in [5, 5.41) is 6.65. The molecule has 1 aromatic carbocycles. The normalized spacial score (nSPS) is 21.3. The Morgan fingerprint density at radius 1 is 1.19 bits per heavy atom. The fourth-order valence-electron chi connectivity index (χ4n) is 3.47. The number of carbonyl (C=O) groups is 2. The highest BCUT2D eigenvalue weighted by Crippen LogP contribution is 2.19. The van der Waals surface area contributed by atoms with E-state index in [9.17, 15) is 9.59 Å². The van der Waals surface area contributed by atoms with Gasteiger partial charge >= 0.3 is 0 Å². The fraction of sp³-hybridized carbons (Fsp3) is 0.526. The van der Waals surface area contributed by atoms with Crippen LogP contribution in [0.25, 0.3) is 0 Å². The third kappa shape index (κ3) is 4.53. The highest BCUT2D eigenvalue weighted by Gasteiger charge is 2.26. The molecule has 2 saturated heterocycles. The first-order chi connectivity index (χ1) is 12.7. The molecule has 2 fully saturated rings. The summed E-state index contributed by atoms with van der Waals surface area (Å²) in [4.78, 5) is 31.6. The lowest BCUT2D eigenvalue weighted by atomic mass is 10.1. The number of nitrogens with one attached hydrogen (secondary N) is 2. The Bertz CT molecular complexity index is 645. The molecular weight excluding hydrogens is 330 g/mol. The van der Waals surface area contributed by atoms with E-state index in [0.717, 1.165) is 19.5 Å². The standard InChI is InChI=1S/C19H27N5O2/c1-20-19(21-11-13-24-17(25)8-5-9-18(24)26)22-15-10-12-23(14-15)16-6-3-2-4-7-16/h2-4,6-7,15H,5,8-14H2,1H3,(H2,20,21,22). The molecule has 0 spiro atoms. The van der Waals surface area contributed by atoms with Crippen LogP contribution in [0.5, 0.6) is 0 Å². The average Bonchev–Trinajstić information content (AvgIpc) is 3.12.